The maximum atomic E-state index is 13.6. The number of fused-ring (bicyclic) bond motifs is 1. The van der Waals surface area contributed by atoms with Crippen LogP contribution in [0.2, 0.25) is 0 Å². The highest BCUT2D eigenvalue weighted by Gasteiger charge is 2.37. The first-order valence-corrected chi connectivity index (χ1v) is 12.0. The lowest BCUT2D eigenvalue weighted by atomic mass is 9.82. The molecule has 1 aliphatic rings. The number of primary amides is 1. The number of nitrogens with one attached hydrogen (secondary N) is 1. The molecule has 35 heavy (non-hydrogen) atoms. The second-order valence-corrected chi connectivity index (χ2v) is 9.12. The molecule has 0 fully saturated rings. The van der Waals surface area contributed by atoms with E-state index < -0.39 is 29.8 Å². The van der Waals surface area contributed by atoms with E-state index in [0.717, 1.165) is 16.8 Å². The van der Waals surface area contributed by atoms with Crippen LogP contribution >= 0.6 is 0 Å². The fraction of sp³-hybridized carbons (Fsp3) is 0.357. The lowest BCUT2D eigenvalue weighted by Crippen LogP contribution is -2.50. The summed E-state index contributed by atoms with van der Waals surface area (Å²) in [5.74, 6) is -2.58. The molecule has 2 aromatic carbocycles. The van der Waals surface area contributed by atoms with E-state index >= 15 is 0 Å². The number of aliphatic imine (C=N–C) groups is 1. The first kappa shape index (κ1) is 25.9. The lowest BCUT2D eigenvalue weighted by Gasteiger charge is -2.28. The zero-order chi connectivity index (χ0) is 25.5. The summed E-state index contributed by atoms with van der Waals surface area (Å²) in [4.78, 5) is 45.8. The third-order valence-corrected chi connectivity index (χ3v) is 6.18. The van der Waals surface area contributed by atoms with Crippen molar-refractivity contribution in [1.29, 1.82) is 0 Å². The van der Waals surface area contributed by atoms with Crippen molar-refractivity contribution in [2.24, 2.45) is 28.5 Å². The number of hydrogen-bond acceptors (Lipinski definition) is 4. The molecule has 0 radical (unpaired) electrons. The van der Waals surface area contributed by atoms with Crippen LogP contribution in [0.1, 0.15) is 44.7 Å². The largest absolute Gasteiger partial charge is 0.369 e. The number of benzodiazepines with no additional fused rings is 1. The van der Waals surface area contributed by atoms with Crippen molar-refractivity contribution in [2.45, 2.75) is 39.8 Å². The molecular formula is C28H34N4O3. The summed E-state index contributed by atoms with van der Waals surface area (Å²) in [6.07, 6.45) is 1.18. The molecule has 0 saturated carbocycles. The Morgan fingerprint density at radius 3 is 2.37 bits per heavy atom. The van der Waals surface area contributed by atoms with Gasteiger partial charge in [0.25, 0.3) is 5.91 Å². The monoisotopic (exact) mass is 474 g/mol. The number of rotatable bonds is 10. The van der Waals surface area contributed by atoms with Crippen molar-refractivity contribution in [3.8, 4) is 0 Å². The minimum Gasteiger partial charge on any atom is -0.369 e. The molecule has 0 saturated heterocycles. The molecule has 0 bridgehead atoms. The van der Waals surface area contributed by atoms with Crippen molar-refractivity contribution in [2.75, 3.05) is 11.4 Å². The van der Waals surface area contributed by atoms with E-state index in [1.54, 1.807) is 11.0 Å². The second-order valence-electron chi connectivity index (χ2n) is 9.12. The number of nitrogens with zero attached hydrogens (tertiary/aromatic N) is 2. The number of allylic oxidation sites excluding steroid dienone is 1. The molecule has 3 rings (SSSR count). The van der Waals surface area contributed by atoms with Crippen LogP contribution in [0, 0.1) is 17.8 Å². The standard InChI is InChI=1S/C28H34N4O3/c1-5-12-20(25(29)33)22(17-18(3)4)27(34)31-26-28(35)32(6-2)23-16-11-10-15-21(23)24(30-26)19-13-8-7-9-14-19/h5,7-11,13-16,18,20,22,26H,1,6,12,17H2,2-4H3,(H2,29,33)(H,31,34). The Kier molecular flexibility index (Phi) is 8.58. The van der Waals surface area contributed by atoms with Gasteiger partial charge in [0.2, 0.25) is 18.0 Å². The van der Waals surface area contributed by atoms with Crippen LogP contribution < -0.4 is 16.0 Å². The molecule has 0 aliphatic carbocycles. The Labute approximate surface area is 207 Å². The highest BCUT2D eigenvalue weighted by atomic mass is 16.2. The molecule has 7 heteroatoms. The van der Waals surface area contributed by atoms with Crippen molar-refractivity contribution in [3.63, 3.8) is 0 Å². The molecule has 3 N–H and O–H groups in total. The van der Waals surface area contributed by atoms with Gasteiger partial charge in [0, 0.05) is 17.7 Å². The predicted molar refractivity (Wildman–Crippen MR) is 139 cm³/mol. The van der Waals surface area contributed by atoms with Gasteiger partial charge in [-0.3, -0.25) is 14.4 Å². The molecular weight excluding hydrogens is 440 g/mol. The minimum atomic E-state index is -1.14. The highest BCUT2D eigenvalue weighted by molar-refractivity contribution is 6.20. The average molecular weight is 475 g/mol. The van der Waals surface area contributed by atoms with Crippen LogP contribution in [-0.2, 0) is 14.4 Å². The second kappa shape index (κ2) is 11.6. The van der Waals surface area contributed by atoms with Crippen LogP contribution in [0.15, 0.2) is 72.2 Å². The van der Waals surface area contributed by atoms with Crippen LogP contribution in [0.25, 0.3) is 0 Å². The molecule has 7 nitrogen and oxygen atoms in total. The van der Waals surface area contributed by atoms with Crippen molar-refractivity contribution >= 4 is 29.1 Å². The zero-order valence-electron chi connectivity index (χ0n) is 20.6. The van der Waals surface area contributed by atoms with Crippen LogP contribution in [0.5, 0.6) is 0 Å². The van der Waals surface area contributed by atoms with Crippen molar-refractivity contribution in [1.82, 2.24) is 5.32 Å². The third-order valence-electron chi connectivity index (χ3n) is 6.18. The number of anilines is 1. The number of carbonyl (C=O) groups excluding carboxylic acids is 3. The Morgan fingerprint density at radius 1 is 1.11 bits per heavy atom. The first-order valence-electron chi connectivity index (χ1n) is 12.0. The zero-order valence-corrected chi connectivity index (χ0v) is 20.6. The van der Waals surface area contributed by atoms with Gasteiger partial charge in [0.05, 0.1) is 23.2 Å². The summed E-state index contributed by atoms with van der Waals surface area (Å²) in [6, 6.07) is 17.2. The van der Waals surface area contributed by atoms with E-state index in [-0.39, 0.29) is 18.2 Å². The molecule has 184 valence electrons. The topological polar surface area (TPSA) is 105 Å². The van der Waals surface area contributed by atoms with E-state index in [2.05, 4.69) is 11.9 Å². The number of hydrogen-bond donors (Lipinski definition) is 2. The van der Waals surface area contributed by atoms with E-state index in [1.807, 2.05) is 75.4 Å². The lowest BCUT2D eigenvalue weighted by molar-refractivity contribution is -0.135. The molecule has 1 aliphatic heterocycles. The summed E-state index contributed by atoms with van der Waals surface area (Å²) < 4.78 is 0. The minimum absolute atomic E-state index is 0.141. The number of para-hydroxylation sites is 1. The summed E-state index contributed by atoms with van der Waals surface area (Å²) in [5.41, 5.74) is 8.66. The molecule has 3 atom stereocenters. The summed E-state index contributed by atoms with van der Waals surface area (Å²) in [7, 11) is 0. The SMILES string of the molecule is C=CCC(C(N)=O)C(CC(C)C)C(=O)NC1N=C(c2ccccc2)c2ccccc2N(CC)C1=O. The number of likely N-dealkylation sites (N-methyl/N-ethyl adjacent to an activating group) is 1. The van der Waals surface area contributed by atoms with E-state index in [1.165, 1.54) is 0 Å². The van der Waals surface area contributed by atoms with Gasteiger partial charge < -0.3 is 16.0 Å². The van der Waals surface area contributed by atoms with Crippen LogP contribution in [-0.4, -0.2) is 36.1 Å². The van der Waals surface area contributed by atoms with Crippen molar-refractivity contribution < 1.29 is 14.4 Å². The molecule has 2 aromatic rings. The predicted octanol–water partition coefficient (Wildman–Crippen LogP) is 3.67. The fourth-order valence-electron chi connectivity index (χ4n) is 4.54. The molecule has 3 unspecified atom stereocenters. The van der Waals surface area contributed by atoms with Gasteiger partial charge in [-0.25, -0.2) is 4.99 Å². The molecule has 3 amide bonds. The van der Waals surface area contributed by atoms with Crippen LogP contribution in [0.4, 0.5) is 5.69 Å². The summed E-state index contributed by atoms with van der Waals surface area (Å²) in [5, 5.41) is 2.85. The first-order chi connectivity index (χ1) is 16.8. The van der Waals surface area contributed by atoms with E-state index in [0.29, 0.717) is 18.7 Å². The third kappa shape index (κ3) is 5.85. The van der Waals surface area contributed by atoms with Crippen LogP contribution in [0.3, 0.4) is 0 Å². The Hall–Kier alpha value is -3.74. The Balaban J connectivity index is 2.06. The summed E-state index contributed by atoms with van der Waals surface area (Å²) >= 11 is 0. The van der Waals surface area contributed by atoms with E-state index in [9.17, 15) is 14.4 Å². The molecule has 1 heterocycles. The van der Waals surface area contributed by atoms with Gasteiger partial charge in [-0.1, -0.05) is 68.5 Å². The summed E-state index contributed by atoms with van der Waals surface area (Å²) in [6.45, 7) is 9.96. The van der Waals surface area contributed by atoms with Gasteiger partial charge in [0.15, 0.2) is 0 Å². The number of benzene rings is 2. The van der Waals surface area contributed by atoms with Crippen molar-refractivity contribution in [3.05, 3.63) is 78.4 Å². The quantitative estimate of drug-likeness (QED) is 0.513. The smallest absolute Gasteiger partial charge is 0.272 e. The Bertz CT molecular complexity index is 1110. The fourth-order valence-corrected chi connectivity index (χ4v) is 4.54. The van der Waals surface area contributed by atoms with Gasteiger partial charge in [0.1, 0.15) is 0 Å². The molecule has 0 spiro atoms. The number of carbonyl (C=O) groups is 3. The Morgan fingerprint density at radius 2 is 1.77 bits per heavy atom. The van der Waals surface area contributed by atoms with Gasteiger partial charge in [-0.15, -0.1) is 6.58 Å². The maximum absolute atomic E-state index is 13.6. The number of amides is 3. The van der Waals surface area contributed by atoms with Gasteiger partial charge in [-0.2, -0.15) is 0 Å². The number of nitrogens with two attached hydrogens (primary N) is 1. The molecule has 0 aromatic heterocycles. The maximum Gasteiger partial charge on any atom is 0.272 e. The van der Waals surface area contributed by atoms with Gasteiger partial charge >= 0.3 is 0 Å². The average Bonchev–Trinajstić information content (AvgIpc) is 2.95. The normalized spacial score (nSPS) is 17.1. The van der Waals surface area contributed by atoms with E-state index in [4.69, 9.17) is 10.7 Å². The van der Waals surface area contributed by atoms with Gasteiger partial charge in [-0.05, 0) is 31.7 Å². The highest BCUT2D eigenvalue weighted by Crippen LogP contribution is 2.29.